The molecule has 1 amide bonds. The zero-order valence-corrected chi connectivity index (χ0v) is 12.6. The summed E-state index contributed by atoms with van der Waals surface area (Å²) < 4.78 is 4.71. The quantitative estimate of drug-likeness (QED) is 0.327. The Morgan fingerprint density at radius 1 is 1.24 bits per heavy atom. The Hall–Kier alpha value is -1.85. The number of nitrogens with one attached hydrogen (secondary N) is 1. The molecule has 0 aromatic heterocycles. The van der Waals surface area contributed by atoms with Crippen molar-refractivity contribution < 1.29 is 24.2 Å². The van der Waals surface area contributed by atoms with E-state index >= 15 is 0 Å². The average Bonchev–Trinajstić information content (AvgIpc) is 2.44. The van der Waals surface area contributed by atoms with Crippen LogP contribution in [0.4, 0.5) is 0 Å². The van der Waals surface area contributed by atoms with Crippen molar-refractivity contribution in [3.05, 3.63) is 12.7 Å². The number of carboxylic acids is 1. The first-order valence-corrected chi connectivity index (χ1v) is 7.30. The van der Waals surface area contributed by atoms with Crippen molar-refractivity contribution >= 4 is 17.8 Å². The number of ether oxygens (including phenoxy) is 1. The molecule has 0 spiro atoms. The molecule has 0 saturated carbocycles. The van der Waals surface area contributed by atoms with E-state index in [4.69, 9.17) is 9.84 Å². The van der Waals surface area contributed by atoms with Gasteiger partial charge in [-0.3, -0.25) is 9.59 Å². The van der Waals surface area contributed by atoms with Gasteiger partial charge in [0.1, 0.15) is 12.6 Å². The van der Waals surface area contributed by atoms with Crippen molar-refractivity contribution in [1.29, 1.82) is 0 Å². The first kappa shape index (κ1) is 19.1. The number of rotatable bonds is 12. The van der Waals surface area contributed by atoms with E-state index in [1.807, 2.05) is 0 Å². The first-order chi connectivity index (χ1) is 10.0. The standard InChI is InChI=1S/C15H25NO5/c1-3-5-6-7-8-9-13(17)16-12(15(19)20)11-14(18)21-10-4-2/h4,12H,2-3,5-11H2,1H3,(H,16,17)(H,19,20). The van der Waals surface area contributed by atoms with Gasteiger partial charge in [-0.15, -0.1) is 0 Å². The van der Waals surface area contributed by atoms with Crippen LogP contribution in [0.2, 0.25) is 0 Å². The zero-order valence-electron chi connectivity index (χ0n) is 12.6. The number of carbonyl (C=O) groups excluding carboxylic acids is 2. The summed E-state index contributed by atoms with van der Waals surface area (Å²) in [6, 6.07) is -1.24. The van der Waals surface area contributed by atoms with Gasteiger partial charge >= 0.3 is 11.9 Å². The van der Waals surface area contributed by atoms with Crippen LogP contribution in [0.3, 0.4) is 0 Å². The minimum absolute atomic E-state index is 0.0244. The van der Waals surface area contributed by atoms with Gasteiger partial charge in [0, 0.05) is 6.42 Å². The Morgan fingerprint density at radius 2 is 1.90 bits per heavy atom. The van der Waals surface area contributed by atoms with Crippen LogP contribution in [0.25, 0.3) is 0 Å². The van der Waals surface area contributed by atoms with Crippen molar-refractivity contribution in [3.63, 3.8) is 0 Å². The largest absolute Gasteiger partial charge is 0.480 e. The fraction of sp³-hybridized carbons (Fsp3) is 0.667. The third-order valence-electron chi connectivity index (χ3n) is 2.87. The van der Waals surface area contributed by atoms with Crippen LogP contribution in [-0.4, -0.2) is 35.6 Å². The first-order valence-electron chi connectivity index (χ1n) is 7.30. The summed E-state index contributed by atoms with van der Waals surface area (Å²) in [5.74, 6) is -2.27. The Balaban J connectivity index is 4.06. The summed E-state index contributed by atoms with van der Waals surface area (Å²) >= 11 is 0. The average molecular weight is 299 g/mol. The summed E-state index contributed by atoms with van der Waals surface area (Å²) in [4.78, 5) is 34.0. The van der Waals surface area contributed by atoms with Gasteiger partial charge in [0.2, 0.25) is 5.91 Å². The molecule has 0 aromatic carbocycles. The maximum absolute atomic E-state index is 11.6. The van der Waals surface area contributed by atoms with Crippen molar-refractivity contribution in [2.24, 2.45) is 0 Å². The number of hydrogen-bond donors (Lipinski definition) is 2. The second kappa shape index (κ2) is 11.9. The van der Waals surface area contributed by atoms with Gasteiger partial charge < -0.3 is 15.2 Å². The number of hydrogen-bond acceptors (Lipinski definition) is 4. The van der Waals surface area contributed by atoms with Crippen LogP contribution >= 0.6 is 0 Å². The normalized spacial score (nSPS) is 11.5. The summed E-state index contributed by atoms with van der Waals surface area (Å²) in [5, 5.41) is 11.3. The van der Waals surface area contributed by atoms with Gasteiger partial charge in [-0.05, 0) is 6.42 Å². The van der Waals surface area contributed by atoms with E-state index in [0.29, 0.717) is 0 Å². The van der Waals surface area contributed by atoms with Crippen LogP contribution in [0, 0.1) is 0 Å². The van der Waals surface area contributed by atoms with Crippen LogP contribution in [0.1, 0.15) is 51.9 Å². The van der Waals surface area contributed by atoms with Gasteiger partial charge in [0.05, 0.1) is 6.42 Å². The van der Waals surface area contributed by atoms with E-state index in [1.165, 1.54) is 6.08 Å². The molecule has 6 nitrogen and oxygen atoms in total. The Morgan fingerprint density at radius 3 is 2.48 bits per heavy atom. The lowest BCUT2D eigenvalue weighted by atomic mass is 10.1. The Bertz CT molecular complexity index is 354. The number of carbonyl (C=O) groups is 3. The lowest BCUT2D eigenvalue weighted by Gasteiger charge is -2.13. The summed E-state index contributed by atoms with van der Waals surface area (Å²) in [7, 11) is 0. The third kappa shape index (κ3) is 10.6. The molecule has 2 N–H and O–H groups in total. The molecule has 120 valence electrons. The van der Waals surface area contributed by atoms with E-state index in [1.54, 1.807) is 0 Å². The molecule has 0 aromatic rings. The molecular formula is C15H25NO5. The molecule has 0 rings (SSSR count). The molecule has 0 radical (unpaired) electrons. The summed E-state index contributed by atoms with van der Waals surface area (Å²) in [5.41, 5.74) is 0. The van der Waals surface area contributed by atoms with E-state index in [2.05, 4.69) is 18.8 Å². The molecule has 0 aliphatic rings. The molecule has 21 heavy (non-hydrogen) atoms. The molecular weight excluding hydrogens is 274 g/mol. The number of amides is 1. The topological polar surface area (TPSA) is 92.7 Å². The van der Waals surface area contributed by atoms with Gasteiger partial charge in [-0.2, -0.15) is 0 Å². The number of carboxylic acid groups (broad SMARTS) is 1. The van der Waals surface area contributed by atoms with Crippen LogP contribution in [0.15, 0.2) is 12.7 Å². The molecule has 1 unspecified atom stereocenters. The second-order valence-corrected chi connectivity index (χ2v) is 4.80. The highest BCUT2D eigenvalue weighted by Crippen LogP contribution is 2.05. The van der Waals surface area contributed by atoms with Crippen LogP contribution in [-0.2, 0) is 19.1 Å². The monoisotopic (exact) mass is 299 g/mol. The lowest BCUT2D eigenvalue weighted by Crippen LogP contribution is -2.42. The van der Waals surface area contributed by atoms with Crippen molar-refractivity contribution in [3.8, 4) is 0 Å². The SMILES string of the molecule is C=CCOC(=O)CC(NC(=O)CCCCCCC)C(=O)O. The van der Waals surface area contributed by atoms with Crippen LogP contribution < -0.4 is 5.32 Å². The molecule has 0 fully saturated rings. The number of aliphatic carboxylic acids is 1. The number of esters is 1. The van der Waals surface area contributed by atoms with Gasteiger partial charge in [0.15, 0.2) is 0 Å². The fourth-order valence-corrected chi connectivity index (χ4v) is 1.73. The Labute approximate surface area is 125 Å². The molecule has 0 aliphatic heterocycles. The predicted molar refractivity (Wildman–Crippen MR) is 78.7 cm³/mol. The van der Waals surface area contributed by atoms with Crippen LogP contribution in [0.5, 0.6) is 0 Å². The van der Waals surface area contributed by atoms with E-state index < -0.39 is 18.0 Å². The molecule has 6 heteroatoms. The minimum Gasteiger partial charge on any atom is -0.480 e. The van der Waals surface area contributed by atoms with Gasteiger partial charge in [-0.1, -0.05) is 45.3 Å². The smallest absolute Gasteiger partial charge is 0.326 e. The summed E-state index contributed by atoms with van der Waals surface area (Å²) in [6.45, 7) is 5.52. The highest BCUT2D eigenvalue weighted by Gasteiger charge is 2.23. The van der Waals surface area contributed by atoms with Crippen molar-refractivity contribution in [2.75, 3.05) is 6.61 Å². The maximum atomic E-state index is 11.6. The van der Waals surface area contributed by atoms with Crippen molar-refractivity contribution in [2.45, 2.75) is 57.9 Å². The predicted octanol–water partition coefficient (Wildman–Crippen LogP) is 2.04. The van der Waals surface area contributed by atoms with E-state index in [-0.39, 0.29) is 25.4 Å². The third-order valence-corrected chi connectivity index (χ3v) is 2.87. The molecule has 0 aliphatic carbocycles. The highest BCUT2D eigenvalue weighted by atomic mass is 16.5. The summed E-state index contributed by atoms with van der Waals surface area (Å²) in [6.07, 6.45) is 6.27. The molecule has 1 atom stereocenters. The Kier molecular flexibility index (Phi) is 10.9. The maximum Gasteiger partial charge on any atom is 0.326 e. The second-order valence-electron chi connectivity index (χ2n) is 4.80. The van der Waals surface area contributed by atoms with Crippen molar-refractivity contribution in [1.82, 2.24) is 5.32 Å². The zero-order chi connectivity index (χ0) is 16.1. The fourth-order valence-electron chi connectivity index (χ4n) is 1.73. The van der Waals surface area contributed by atoms with Gasteiger partial charge in [0.25, 0.3) is 0 Å². The van der Waals surface area contributed by atoms with E-state index in [0.717, 1.165) is 32.1 Å². The highest BCUT2D eigenvalue weighted by molar-refractivity contribution is 5.87. The lowest BCUT2D eigenvalue weighted by molar-refractivity contribution is -0.149. The number of unbranched alkanes of at least 4 members (excludes halogenated alkanes) is 4. The van der Waals surface area contributed by atoms with Gasteiger partial charge in [-0.25, -0.2) is 4.79 Å². The molecule has 0 saturated heterocycles. The van der Waals surface area contributed by atoms with E-state index in [9.17, 15) is 14.4 Å². The molecule has 0 heterocycles. The minimum atomic E-state index is -1.25. The molecule has 0 bridgehead atoms.